The van der Waals surface area contributed by atoms with Crippen LogP contribution in [-0.4, -0.2) is 44.4 Å². The van der Waals surface area contributed by atoms with Crippen LogP contribution in [-0.2, 0) is 6.18 Å². The largest absolute Gasteiger partial charge is 0.472 e. The van der Waals surface area contributed by atoms with E-state index >= 15 is 0 Å². The highest BCUT2D eigenvalue weighted by atomic mass is 19.4. The fraction of sp³-hybridized carbons (Fsp3) is 0.333. The lowest BCUT2D eigenvalue weighted by molar-refractivity contribution is -0.137. The number of piperidine rings is 1. The molecule has 3 heterocycles. The van der Waals surface area contributed by atoms with Crippen LogP contribution in [0.25, 0.3) is 11.4 Å². The molecule has 182 valence electrons. The van der Waals surface area contributed by atoms with Crippen LogP contribution in [0.15, 0.2) is 48.9 Å². The fourth-order valence-electron chi connectivity index (χ4n) is 5.00. The molecule has 1 amide bonds. The summed E-state index contributed by atoms with van der Waals surface area (Å²) in [4.78, 5) is 26.6. The molecule has 2 aliphatic rings. The van der Waals surface area contributed by atoms with Crippen LogP contribution in [0, 0.1) is 23.5 Å². The molecule has 2 bridgehead atoms. The smallest absolute Gasteiger partial charge is 0.417 e. The van der Waals surface area contributed by atoms with Gasteiger partial charge in [-0.3, -0.25) is 4.79 Å². The van der Waals surface area contributed by atoms with Crippen LogP contribution >= 0.6 is 0 Å². The van der Waals surface area contributed by atoms with Crippen LogP contribution in [0.2, 0.25) is 0 Å². The van der Waals surface area contributed by atoms with Crippen molar-refractivity contribution in [1.82, 2.24) is 19.9 Å². The van der Waals surface area contributed by atoms with Crippen LogP contribution in [0.4, 0.5) is 22.0 Å². The number of hydrogen-bond acceptors (Lipinski definition) is 5. The second-order valence-electron chi connectivity index (χ2n) is 8.73. The number of fused-ring (bicyclic) bond motifs is 2. The standard InChI is InChI=1S/C24H19F5N4O2/c1-12-13-7-18(35-19-6-5-14(8-30-19)24(27,28)29)21(12)33(11-13)23(34)16-3-2-4-17(26)20(16)22-31-9-15(25)10-32-22/h2-6,8-10,12-13,18,21H,7,11H2,1H3/t12-,13?,18?,21?/m0/s1. The predicted molar refractivity (Wildman–Crippen MR) is 113 cm³/mol. The van der Waals surface area contributed by atoms with Crippen LogP contribution < -0.4 is 4.74 Å². The van der Waals surface area contributed by atoms with E-state index in [1.807, 2.05) is 6.92 Å². The van der Waals surface area contributed by atoms with Gasteiger partial charge < -0.3 is 9.64 Å². The van der Waals surface area contributed by atoms with Crippen molar-refractivity contribution in [3.63, 3.8) is 0 Å². The minimum absolute atomic E-state index is 0.0290. The van der Waals surface area contributed by atoms with Crippen molar-refractivity contribution in [1.29, 1.82) is 0 Å². The van der Waals surface area contributed by atoms with E-state index in [0.29, 0.717) is 19.2 Å². The van der Waals surface area contributed by atoms with E-state index in [-0.39, 0.29) is 40.7 Å². The molecule has 1 saturated heterocycles. The fourth-order valence-corrected chi connectivity index (χ4v) is 5.00. The first-order valence-corrected chi connectivity index (χ1v) is 10.9. The average molecular weight is 490 g/mol. The third kappa shape index (κ3) is 4.19. The molecule has 2 aromatic heterocycles. The molecular weight excluding hydrogens is 471 g/mol. The molecule has 4 atom stereocenters. The topological polar surface area (TPSA) is 68.2 Å². The molecule has 35 heavy (non-hydrogen) atoms. The van der Waals surface area contributed by atoms with Gasteiger partial charge in [0.05, 0.1) is 35.1 Å². The number of aromatic nitrogens is 3. The lowest BCUT2D eigenvalue weighted by atomic mass is 10.0. The zero-order valence-electron chi connectivity index (χ0n) is 18.3. The molecule has 5 rings (SSSR count). The number of amides is 1. The maximum Gasteiger partial charge on any atom is 0.417 e. The predicted octanol–water partition coefficient (Wildman–Crippen LogP) is 4.76. The number of ether oxygens (including phenoxy) is 1. The van der Waals surface area contributed by atoms with Gasteiger partial charge in [0.2, 0.25) is 5.88 Å². The van der Waals surface area contributed by atoms with Gasteiger partial charge in [0.25, 0.3) is 5.91 Å². The summed E-state index contributed by atoms with van der Waals surface area (Å²) in [5.74, 6) is -1.81. The van der Waals surface area contributed by atoms with Crippen molar-refractivity contribution in [2.45, 2.75) is 31.7 Å². The van der Waals surface area contributed by atoms with Crippen molar-refractivity contribution >= 4 is 5.91 Å². The number of hydrogen-bond donors (Lipinski definition) is 0. The van der Waals surface area contributed by atoms with Gasteiger partial charge in [-0.15, -0.1) is 0 Å². The molecule has 3 unspecified atom stereocenters. The highest BCUT2D eigenvalue weighted by Gasteiger charge is 2.53. The first kappa shape index (κ1) is 23.1. The Kier molecular flexibility index (Phi) is 5.65. The van der Waals surface area contributed by atoms with Crippen molar-refractivity contribution in [3.05, 3.63) is 71.7 Å². The quantitative estimate of drug-likeness (QED) is 0.494. The molecule has 11 heteroatoms. The summed E-state index contributed by atoms with van der Waals surface area (Å²) in [6, 6.07) is 5.68. The molecule has 2 fully saturated rings. The Balaban J connectivity index is 1.41. The first-order valence-electron chi connectivity index (χ1n) is 10.9. The number of benzene rings is 1. The zero-order valence-corrected chi connectivity index (χ0v) is 18.3. The third-order valence-electron chi connectivity index (χ3n) is 6.67. The molecule has 0 spiro atoms. The lowest BCUT2D eigenvalue weighted by Gasteiger charge is -2.34. The molecule has 1 aliphatic carbocycles. The van der Waals surface area contributed by atoms with E-state index in [9.17, 15) is 26.7 Å². The molecule has 6 nitrogen and oxygen atoms in total. The Morgan fingerprint density at radius 2 is 1.80 bits per heavy atom. The Morgan fingerprint density at radius 1 is 1.06 bits per heavy atom. The van der Waals surface area contributed by atoms with Crippen LogP contribution in [0.5, 0.6) is 5.88 Å². The molecule has 1 saturated carbocycles. The van der Waals surface area contributed by atoms with Crippen LogP contribution in [0.3, 0.4) is 0 Å². The summed E-state index contributed by atoms with van der Waals surface area (Å²) in [5.41, 5.74) is -0.984. The third-order valence-corrected chi connectivity index (χ3v) is 6.67. The zero-order chi connectivity index (χ0) is 24.9. The summed E-state index contributed by atoms with van der Waals surface area (Å²) in [5, 5.41) is 0. The summed E-state index contributed by atoms with van der Waals surface area (Å²) in [6.45, 7) is 2.40. The van der Waals surface area contributed by atoms with Gasteiger partial charge in [-0.25, -0.2) is 23.7 Å². The van der Waals surface area contributed by atoms with Crippen molar-refractivity contribution in [3.8, 4) is 17.3 Å². The summed E-state index contributed by atoms with van der Waals surface area (Å²) in [7, 11) is 0. The number of likely N-dealkylation sites (tertiary alicyclic amines) is 1. The number of nitrogens with zero attached hydrogens (tertiary/aromatic N) is 4. The van der Waals surface area contributed by atoms with E-state index in [1.54, 1.807) is 4.90 Å². The lowest BCUT2D eigenvalue weighted by Crippen LogP contribution is -2.48. The highest BCUT2D eigenvalue weighted by molar-refractivity contribution is 6.00. The number of carbonyl (C=O) groups excluding carboxylic acids is 1. The number of pyridine rings is 1. The number of rotatable bonds is 4. The minimum Gasteiger partial charge on any atom is -0.472 e. The first-order chi connectivity index (χ1) is 16.6. The Bertz CT molecular complexity index is 1250. The van der Waals surface area contributed by atoms with Gasteiger partial charge >= 0.3 is 6.18 Å². The molecular formula is C24H19F5N4O2. The van der Waals surface area contributed by atoms with Crippen molar-refractivity contribution in [2.75, 3.05) is 6.54 Å². The van der Waals surface area contributed by atoms with Gasteiger partial charge in [0.15, 0.2) is 11.6 Å². The normalized spacial score (nSPS) is 23.5. The average Bonchev–Trinajstić information content (AvgIpc) is 3.30. The number of halogens is 5. The minimum atomic E-state index is -4.51. The molecule has 1 aliphatic heterocycles. The maximum absolute atomic E-state index is 14.8. The summed E-state index contributed by atoms with van der Waals surface area (Å²) >= 11 is 0. The molecule has 0 radical (unpaired) electrons. The van der Waals surface area contributed by atoms with Crippen LogP contribution in [0.1, 0.15) is 29.3 Å². The highest BCUT2D eigenvalue weighted by Crippen LogP contribution is 2.45. The van der Waals surface area contributed by atoms with Gasteiger partial charge in [-0.05, 0) is 36.5 Å². The molecule has 0 N–H and O–H groups in total. The van der Waals surface area contributed by atoms with Gasteiger partial charge in [0.1, 0.15) is 11.9 Å². The Hall–Kier alpha value is -3.63. The molecule has 1 aromatic carbocycles. The second-order valence-corrected chi connectivity index (χ2v) is 8.73. The summed E-state index contributed by atoms with van der Waals surface area (Å²) in [6.07, 6.45) is -1.90. The van der Waals surface area contributed by atoms with E-state index in [0.717, 1.165) is 24.5 Å². The van der Waals surface area contributed by atoms with E-state index < -0.39 is 35.4 Å². The summed E-state index contributed by atoms with van der Waals surface area (Å²) < 4.78 is 72.4. The van der Waals surface area contributed by atoms with Crippen molar-refractivity contribution in [2.24, 2.45) is 11.8 Å². The van der Waals surface area contributed by atoms with Crippen molar-refractivity contribution < 1.29 is 31.5 Å². The van der Waals surface area contributed by atoms with Gasteiger partial charge in [-0.1, -0.05) is 13.0 Å². The number of alkyl halides is 3. The SMILES string of the molecule is C[C@H]1C2CC(Oc3ccc(C(F)(F)F)cn3)C1N(C(=O)c1cccc(F)c1-c1ncc(F)cn1)C2. The Labute approximate surface area is 196 Å². The second kappa shape index (κ2) is 8.54. The van der Waals surface area contributed by atoms with Gasteiger partial charge in [0, 0.05) is 18.8 Å². The van der Waals surface area contributed by atoms with E-state index in [1.165, 1.54) is 18.2 Å². The Morgan fingerprint density at radius 3 is 2.43 bits per heavy atom. The monoisotopic (exact) mass is 490 g/mol. The number of carbonyl (C=O) groups is 1. The molecule has 3 aromatic rings. The maximum atomic E-state index is 14.8. The van der Waals surface area contributed by atoms with Gasteiger partial charge in [-0.2, -0.15) is 13.2 Å². The van der Waals surface area contributed by atoms with E-state index in [2.05, 4.69) is 15.0 Å². The van der Waals surface area contributed by atoms with E-state index in [4.69, 9.17) is 4.74 Å².